The molecule has 1 unspecified atom stereocenters. The van der Waals surface area contributed by atoms with Crippen LogP contribution in [0.2, 0.25) is 10.0 Å². The van der Waals surface area contributed by atoms with Gasteiger partial charge in [-0.1, -0.05) is 29.3 Å². The molecule has 0 heterocycles. The van der Waals surface area contributed by atoms with E-state index in [1.54, 1.807) is 45.0 Å². The van der Waals surface area contributed by atoms with Crippen LogP contribution in [0.5, 0.6) is 23.0 Å². The van der Waals surface area contributed by atoms with Gasteiger partial charge in [-0.05, 0) is 62.7 Å². The summed E-state index contributed by atoms with van der Waals surface area (Å²) in [6, 6.07) is 12.3. The lowest BCUT2D eigenvalue weighted by molar-refractivity contribution is -0.139. The van der Waals surface area contributed by atoms with Gasteiger partial charge in [-0.15, -0.1) is 0 Å². The second kappa shape index (κ2) is 15.4. The van der Waals surface area contributed by atoms with Gasteiger partial charge in [0.05, 0.1) is 49.1 Å². The molecule has 0 spiro atoms. The Labute approximate surface area is 274 Å². The average Bonchev–Trinajstić information content (AvgIpc) is 3.02. The number of sulfonamides is 1. The number of anilines is 1. The van der Waals surface area contributed by atoms with Crippen molar-refractivity contribution in [2.45, 2.75) is 44.3 Å². The number of carbonyl (C=O) groups is 2. The second-order valence-electron chi connectivity index (χ2n) is 10.2. The highest BCUT2D eigenvalue weighted by molar-refractivity contribution is 7.92. The molecule has 0 saturated carbocycles. The number of hydrogen-bond acceptors (Lipinski definition) is 8. The minimum atomic E-state index is -4.47. The Morgan fingerprint density at radius 2 is 1.44 bits per heavy atom. The first-order valence-electron chi connectivity index (χ1n) is 13.8. The molecule has 0 aliphatic heterocycles. The highest BCUT2D eigenvalue weighted by atomic mass is 35.5. The van der Waals surface area contributed by atoms with E-state index >= 15 is 0 Å². The number of halogens is 2. The van der Waals surface area contributed by atoms with Crippen LogP contribution in [0.25, 0.3) is 0 Å². The summed E-state index contributed by atoms with van der Waals surface area (Å²) in [4.78, 5) is 28.5. The molecule has 0 aliphatic rings. The van der Waals surface area contributed by atoms with E-state index in [1.165, 1.54) is 63.7 Å². The van der Waals surface area contributed by atoms with Crippen LogP contribution in [-0.2, 0) is 26.2 Å². The molecule has 1 N–H and O–H groups in total. The molecule has 45 heavy (non-hydrogen) atoms. The summed E-state index contributed by atoms with van der Waals surface area (Å²) >= 11 is 12.3. The van der Waals surface area contributed by atoms with Gasteiger partial charge in [0.1, 0.15) is 24.1 Å². The SMILES string of the molecule is COc1ccc(OC)c(N(CC(=O)N(Cc2ccc(Cl)c(Cl)c2)C(C)C(=O)NC(C)C)S(=O)(=O)c2ccc(OC)c(OC)c2)c1. The van der Waals surface area contributed by atoms with Crippen molar-refractivity contribution in [3.63, 3.8) is 0 Å². The van der Waals surface area contributed by atoms with E-state index in [0.29, 0.717) is 22.1 Å². The molecule has 3 aromatic rings. The number of ether oxygens (including phenoxy) is 4. The first-order valence-corrected chi connectivity index (χ1v) is 16.0. The Morgan fingerprint density at radius 3 is 2.02 bits per heavy atom. The lowest BCUT2D eigenvalue weighted by Gasteiger charge is -2.32. The fourth-order valence-electron chi connectivity index (χ4n) is 4.43. The summed E-state index contributed by atoms with van der Waals surface area (Å²) in [5, 5.41) is 3.39. The Bertz CT molecular complexity index is 1640. The number of carbonyl (C=O) groups excluding carboxylic acids is 2. The largest absolute Gasteiger partial charge is 0.497 e. The molecular formula is C31H37Cl2N3O8S. The van der Waals surface area contributed by atoms with E-state index < -0.39 is 34.4 Å². The van der Waals surface area contributed by atoms with Crippen molar-refractivity contribution in [3.05, 3.63) is 70.2 Å². The van der Waals surface area contributed by atoms with E-state index in [0.717, 1.165) is 4.31 Å². The average molecular weight is 683 g/mol. The number of benzene rings is 3. The minimum Gasteiger partial charge on any atom is -0.497 e. The zero-order valence-corrected chi connectivity index (χ0v) is 28.4. The van der Waals surface area contributed by atoms with Crippen LogP contribution in [0.4, 0.5) is 5.69 Å². The van der Waals surface area contributed by atoms with Gasteiger partial charge < -0.3 is 29.2 Å². The predicted octanol–water partition coefficient (Wildman–Crippen LogP) is 5.17. The van der Waals surface area contributed by atoms with Crippen LogP contribution in [-0.4, -0.2) is 72.2 Å². The zero-order valence-electron chi connectivity index (χ0n) is 26.1. The maximum atomic E-state index is 14.4. The Hall–Kier alpha value is -3.87. The molecule has 0 aromatic heterocycles. The van der Waals surface area contributed by atoms with Gasteiger partial charge >= 0.3 is 0 Å². The van der Waals surface area contributed by atoms with Crippen LogP contribution >= 0.6 is 23.2 Å². The molecule has 0 bridgehead atoms. The van der Waals surface area contributed by atoms with Crippen LogP contribution in [0.1, 0.15) is 26.3 Å². The molecule has 0 saturated heterocycles. The van der Waals surface area contributed by atoms with Gasteiger partial charge in [-0.25, -0.2) is 8.42 Å². The number of amides is 2. The Balaban J connectivity index is 2.18. The first-order chi connectivity index (χ1) is 21.3. The van der Waals surface area contributed by atoms with E-state index in [-0.39, 0.29) is 39.7 Å². The monoisotopic (exact) mass is 681 g/mol. The van der Waals surface area contributed by atoms with Crippen molar-refractivity contribution >= 4 is 50.7 Å². The quantitative estimate of drug-likeness (QED) is 0.247. The summed E-state index contributed by atoms with van der Waals surface area (Å²) < 4.78 is 51.1. The molecule has 3 rings (SSSR count). The molecule has 0 aliphatic carbocycles. The zero-order chi connectivity index (χ0) is 33.5. The number of rotatable bonds is 14. The van der Waals surface area contributed by atoms with Crippen molar-refractivity contribution < 1.29 is 37.0 Å². The molecule has 0 fully saturated rings. The van der Waals surface area contributed by atoms with E-state index in [9.17, 15) is 18.0 Å². The van der Waals surface area contributed by atoms with Gasteiger partial charge in [-0.3, -0.25) is 13.9 Å². The van der Waals surface area contributed by atoms with Crippen LogP contribution in [0.15, 0.2) is 59.5 Å². The van der Waals surface area contributed by atoms with Crippen molar-refractivity contribution in [2.75, 3.05) is 39.3 Å². The summed E-state index contributed by atoms with van der Waals surface area (Å²) in [5.41, 5.74) is 0.615. The lowest BCUT2D eigenvalue weighted by atomic mass is 10.1. The van der Waals surface area contributed by atoms with Crippen molar-refractivity contribution in [3.8, 4) is 23.0 Å². The predicted molar refractivity (Wildman–Crippen MR) is 173 cm³/mol. The third-order valence-electron chi connectivity index (χ3n) is 6.81. The summed E-state index contributed by atoms with van der Waals surface area (Å²) in [6.07, 6.45) is 0. The van der Waals surface area contributed by atoms with Crippen LogP contribution < -0.4 is 28.6 Å². The molecule has 0 radical (unpaired) electrons. The lowest BCUT2D eigenvalue weighted by Crippen LogP contribution is -2.52. The van der Waals surface area contributed by atoms with Crippen molar-refractivity contribution in [2.24, 2.45) is 0 Å². The fourth-order valence-corrected chi connectivity index (χ4v) is 6.18. The topological polar surface area (TPSA) is 124 Å². The third kappa shape index (κ3) is 8.44. The smallest absolute Gasteiger partial charge is 0.265 e. The highest BCUT2D eigenvalue weighted by Crippen LogP contribution is 2.38. The molecule has 244 valence electrons. The second-order valence-corrected chi connectivity index (χ2v) is 12.9. The fraction of sp³-hybridized carbons (Fsp3) is 0.355. The summed E-state index contributed by atoms with van der Waals surface area (Å²) in [6.45, 7) is 4.37. The standard InChI is InChI=1S/C31H37Cl2N3O8S/c1-19(2)34-31(38)20(3)35(17-21-8-11-24(32)25(33)14-21)30(37)18-36(26-15-22(41-4)9-12-27(26)42-5)45(39,40)23-10-13-28(43-6)29(16-23)44-7/h8-16,19-20H,17-18H2,1-7H3,(H,34,38). The first kappa shape index (κ1) is 35.6. The Kier molecular flexibility index (Phi) is 12.2. The third-order valence-corrected chi connectivity index (χ3v) is 9.31. The maximum absolute atomic E-state index is 14.4. The highest BCUT2D eigenvalue weighted by Gasteiger charge is 2.35. The molecule has 3 aromatic carbocycles. The van der Waals surface area contributed by atoms with Gasteiger partial charge in [0.2, 0.25) is 11.8 Å². The van der Waals surface area contributed by atoms with E-state index in [4.69, 9.17) is 42.1 Å². The number of methoxy groups -OCH3 is 4. The molecule has 1 atom stereocenters. The minimum absolute atomic E-state index is 0.0359. The van der Waals surface area contributed by atoms with Gasteiger partial charge in [0.15, 0.2) is 11.5 Å². The number of nitrogens with zero attached hydrogens (tertiary/aromatic N) is 2. The number of nitrogens with one attached hydrogen (secondary N) is 1. The number of hydrogen-bond donors (Lipinski definition) is 1. The molecule has 14 heteroatoms. The molecule has 11 nitrogen and oxygen atoms in total. The van der Waals surface area contributed by atoms with Crippen molar-refractivity contribution in [1.29, 1.82) is 0 Å². The van der Waals surface area contributed by atoms with Crippen molar-refractivity contribution in [1.82, 2.24) is 10.2 Å². The van der Waals surface area contributed by atoms with Crippen LogP contribution in [0.3, 0.4) is 0 Å². The summed E-state index contributed by atoms with van der Waals surface area (Å²) in [5.74, 6) is -0.135. The van der Waals surface area contributed by atoms with Gasteiger partial charge in [0.25, 0.3) is 10.0 Å². The normalized spacial score (nSPS) is 11.9. The van der Waals surface area contributed by atoms with Gasteiger partial charge in [-0.2, -0.15) is 0 Å². The van der Waals surface area contributed by atoms with E-state index in [1.807, 2.05) is 0 Å². The van der Waals surface area contributed by atoms with Gasteiger partial charge in [0, 0.05) is 24.7 Å². The molecular weight excluding hydrogens is 645 g/mol. The summed E-state index contributed by atoms with van der Waals surface area (Å²) in [7, 11) is 1.14. The van der Waals surface area contributed by atoms with E-state index in [2.05, 4.69) is 5.32 Å². The molecule has 2 amide bonds. The Morgan fingerprint density at radius 1 is 0.800 bits per heavy atom. The van der Waals surface area contributed by atoms with Crippen LogP contribution in [0, 0.1) is 0 Å². The maximum Gasteiger partial charge on any atom is 0.265 e.